The Morgan fingerprint density at radius 1 is 1.15 bits per heavy atom. The van der Waals surface area contributed by atoms with Crippen molar-refractivity contribution < 1.29 is 17.9 Å². The molecule has 0 aromatic heterocycles. The lowest BCUT2D eigenvalue weighted by Crippen LogP contribution is -2.47. The maximum Gasteiger partial charge on any atom is 0.522 e. The zero-order chi connectivity index (χ0) is 9.95. The number of hydrogen-bond acceptors (Lipinski definition) is 2. The molecule has 0 atom stereocenters. The Hall–Kier alpha value is -0.290. The molecule has 0 bridgehead atoms. The van der Waals surface area contributed by atoms with Gasteiger partial charge < -0.3 is 5.73 Å². The van der Waals surface area contributed by atoms with Crippen molar-refractivity contribution in [2.75, 3.05) is 6.61 Å². The molecule has 0 aromatic rings. The van der Waals surface area contributed by atoms with Crippen molar-refractivity contribution in [3.8, 4) is 0 Å². The Labute approximate surface area is 75.2 Å². The summed E-state index contributed by atoms with van der Waals surface area (Å²) in [7, 11) is 0. The average Bonchev–Trinajstić information content (AvgIpc) is 2.02. The maximum absolute atomic E-state index is 11.7. The van der Waals surface area contributed by atoms with E-state index in [2.05, 4.69) is 4.74 Å². The lowest BCUT2D eigenvalue weighted by Gasteiger charge is -2.33. The fraction of sp³-hybridized carbons (Fsp3) is 1.00. The van der Waals surface area contributed by atoms with Gasteiger partial charge in [-0.25, -0.2) is 0 Å². The summed E-state index contributed by atoms with van der Waals surface area (Å²) in [4.78, 5) is 0. The topological polar surface area (TPSA) is 35.2 Å². The van der Waals surface area contributed by atoms with Gasteiger partial charge in [0, 0.05) is 5.54 Å². The Morgan fingerprint density at radius 2 is 1.69 bits per heavy atom. The smallest absolute Gasteiger partial charge is 0.323 e. The van der Waals surface area contributed by atoms with Crippen molar-refractivity contribution in [2.24, 2.45) is 5.73 Å². The Bertz CT molecular complexity index is 163. The van der Waals surface area contributed by atoms with Crippen molar-refractivity contribution in [3.63, 3.8) is 0 Å². The monoisotopic (exact) mass is 197 g/mol. The minimum Gasteiger partial charge on any atom is -0.323 e. The van der Waals surface area contributed by atoms with Crippen LogP contribution in [0.1, 0.15) is 32.1 Å². The molecule has 0 unspecified atom stereocenters. The molecule has 5 heteroatoms. The van der Waals surface area contributed by atoms with E-state index in [4.69, 9.17) is 5.73 Å². The van der Waals surface area contributed by atoms with Crippen LogP contribution in [0.3, 0.4) is 0 Å². The third kappa shape index (κ3) is 3.95. The fourth-order valence-corrected chi connectivity index (χ4v) is 1.63. The summed E-state index contributed by atoms with van der Waals surface area (Å²) in [5.74, 6) is 0. The summed E-state index contributed by atoms with van der Waals surface area (Å²) < 4.78 is 38.9. The molecule has 0 aliphatic heterocycles. The normalized spacial score (nSPS) is 23.1. The van der Waals surface area contributed by atoms with Crippen molar-refractivity contribution in [1.29, 1.82) is 0 Å². The van der Waals surface area contributed by atoms with E-state index in [0.717, 1.165) is 19.3 Å². The largest absolute Gasteiger partial charge is 0.522 e. The molecule has 1 aliphatic carbocycles. The summed E-state index contributed by atoms with van der Waals surface area (Å²) in [6.45, 7) is -0.406. The van der Waals surface area contributed by atoms with E-state index in [0.29, 0.717) is 12.8 Å². The lowest BCUT2D eigenvalue weighted by molar-refractivity contribution is -0.330. The molecule has 1 aliphatic rings. The molecule has 1 fully saturated rings. The predicted octanol–water partition coefficient (Wildman–Crippen LogP) is 2.18. The number of halogens is 3. The number of nitrogens with two attached hydrogens (primary N) is 1. The van der Waals surface area contributed by atoms with Gasteiger partial charge in [0.25, 0.3) is 0 Å². The number of ether oxygens (including phenoxy) is 1. The molecule has 13 heavy (non-hydrogen) atoms. The van der Waals surface area contributed by atoms with E-state index in [9.17, 15) is 13.2 Å². The van der Waals surface area contributed by atoms with Crippen LogP contribution in [0.4, 0.5) is 13.2 Å². The van der Waals surface area contributed by atoms with E-state index < -0.39 is 18.5 Å². The first-order valence-corrected chi connectivity index (χ1v) is 4.41. The summed E-state index contributed by atoms with van der Waals surface area (Å²) in [5, 5.41) is 0. The molecule has 0 aromatic carbocycles. The van der Waals surface area contributed by atoms with Crippen molar-refractivity contribution in [3.05, 3.63) is 0 Å². The van der Waals surface area contributed by atoms with Crippen LogP contribution in [0.5, 0.6) is 0 Å². The minimum absolute atomic E-state index is 0.406. The van der Waals surface area contributed by atoms with Crippen LogP contribution in [-0.4, -0.2) is 18.5 Å². The molecule has 0 saturated heterocycles. The van der Waals surface area contributed by atoms with E-state index >= 15 is 0 Å². The Morgan fingerprint density at radius 3 is 2.15 bits per heavy atom. The average molecular weight is 197 g/mol. The zero-order valence-corrected chi connectivity index (χ0v) is 7.36. The summed E-state index contributed by atoms with van der Waals surface area (Å²) in [5.41, 5.74) is 4.99. The summed E-state index contributed by atoms with van der Waals surface area (Å²) in [6.07, 6.45) is -0.434. The summed E-state index contributed by atoms with van der Waals surface area (Å²) >= 11 is 0. The molecule has 78 valence electrons. The van der Waals surface area contributed by atoms with Crippen LogP contribution in [0, 0.1) is 0 Å². The second-order valence-electron chi connectivity index (χ2n) is 3.66. The molecule has 0 heterocycles. The standard InChI is InChI=1S/C8H14F3NO/c9-8(10,11)13-6-7(12)4-2-1-3-5-7/h1-6,12H2. The molecule has 1 rings (SSSR count). The minimum atomic E-state index is -4.55. The van der Waals surface area contributed by atoms with Gasteiger partial charge in [-0.05, 0) is 12.8 Å². The molecule has 2 nitrogen and oxygen atoms in total. The van der Waals surface area contributed by atoms with E-state index in [1.54, 1.807) is 0 Å². The third-order valence-corrected chi connectivity index (χ3v) is 2.37. The first-order valence-electron chi connectivity index (χ1n) is 4.41. The van der Waals surface area contributed by atoms with Gasteiger partial charge >= 0.3 is 6.36 Å². The number of alkyl halides is 3. The highest BCUT2D eigenvalue weighted by molar-refractivity contribution is 4.86. The second-order valence-corrected chi connectivity index (χ2v) is 3.66. The Balaban J connectivity index is 2.33. The first-order chi connectivity index (χ1) is 5.91. The molecule has 0 radical (unpaired) electrons. The van der Waals surface area contributed by atoms with Crippen molar-refractivity contribution in [1.82, 2.24) is 0 Å². The van der Waals surface area contributed by atoms with Crippen LogP contribution in [-0.2, 0) is 4.74 Å². The molecular formula is C8H14F3NO. The highest BCUT2D eigenvalue weighted by atomic mass is 19.4. The second kappa shape index (κ2) is 3.84. The first kappa shape index (κ1) is 10.8. The number of rotatable bonds is 2. The van der Waals surface area contributed by atoms with E-state index in [1.165, 1.54) is 0 Å². The van der Waals surface area contributed by atoms with Crippen LogP contribution in [0.25, 0.3) is 0 Å². The van der Waals surface area contributed by atoms with Gasteiger partial charge in [-0.1, -0.05) is 19.3 Å². The van der Waals surface area contributed by atoms with Gasteiger partial charge in [0.2, 0.25) is 0 Å². The molecule has 2 N–H and O–H groups in total. The number of hydrogen-bond donors (Lipinski definition) is 1. The zero-order valence-electron chi connectivity index (χ0n) is 7.36. The quantitative estimate of drug-likeness (QED) is 0.736. The third-order valence-electron chi connectivity index (χ3n) is 2.37. The predicted molar refractivity (Wildman–Crippen MR) is 42.0 cm³/mol. The van der Waals surface area contributed by atoms with E-state index in [1.807, 2.05) is 0 Å². The van der Waals surface area contributed by atoms with Crippen molar-refractivity contribution in [2.45, 2.75) is 44.0 Å². The van der Waals surface area contributed by atoms with Crippen LogP contribution < -0.4 is 5.73 Å². The Kier molecular flexibility index (Phi) is 3.18. The SMILES string of the molecule is NC1(COC(F)(F)F)CCCCC1. The van der Waals surface area contributed by atoms with Gasteiger partial charge in [0.15, 0.2) is 0 Å². The summed E-state index contributed by atoms with van der Waals surface area (Å²) in [6, 6.07) is 0. The molecule has 0 amide bonds. The molecule has 0 spiro atoms. The lowest BCUT2D eigenvalue weighted by atomic mass is 9.83. The van der Waals surface area contributed by atoms with Gasteiger partial charge in [0.05, 0.1) is 6.61 Å². The van der Waals surface area contributed by atoms with Gasteiger partial charge in [-0.2, -0.15) is 0 Å². The fourth-order valence-electron chi connectivity index (χ4n) is 1.63. The van der Waals surface area contributed by atoms with Gasteiger partial charge in [0.1, 0.15) is 0 Å². The van der Waals surface area contributed by atoms with Crippen molar-refractivity contribution >= 4 is 0 Å². The highest BCUT2D eigenvalue weighted by Crippen LogP contribution is 2.28. The van der Waals surface area contributed by atoms with Gasteiger partial charge in [-0.3, -0.25) is 4.74 Å². The van der Waals surface area contributed by atoms with Crippen LogP contribution in [0.2, 0.25) is 0 Å². The molecular weight excluding hydrogens is 183 g/mol. The molecule has 1 saturated carbocycles. The van der Waals surface area contributed by atoms with Gasteiger partial charge in [-0.15, -0.1) is 13.2 Å². The highest BCUT2D eigenvalue weighted by Gasteiger charge is 2.35. The van der Waals surface area contributed by atoms with Crippen LogP contribution >= 0.6 is 0 Å². The van der Waals surface area contributed by atoms with E-state index in [-0.39, 0.29) is 0 Å². The van der Waals surface area contributed by atoms with Crippen LogP contribution in [0.15, 0.2) is 0 Å². The maximum atomic E-state index is 11.7.